The lowest BCUT2D eigenvalue weighted by atomic mass is 10.0. The third-order valence-corrected chi connectivity index (χ3v) is 5.06. The summed E-state index contributed by atoms with van der Waals surface area (Å²) in [5.41, 5.74) is 0.740. The van der Waals surface area contributed by atoms with Crippen LogP contribution in [0.2, 0.25) is 0 Å². The normalized spacial score (nSPS) is 28.1. The summed E-state index contributed by atoms with van der Waals surface area (Å²) >= 11 is 0. The maximum Gasteiger partial charge on any atom is 0.153 e. The van der Waals surface area contributed by atoms with E-state index in [2.05, 4.69) is 5.10 Å². The smallest absolute Gasteiger partial charge is 0.153 e. The molecule has 0 saturated carbocycles. The Labute approximate surface area is 94.4 Å². The molecule has 1 aromatic rings. The van der Waals surface area contributed by atoms with Crippen molar-refractivity contribution in [2.45, 2.75) is 25.8 Å². The highest BCUT2D eigenvalue weighted by atomic mass is 32.2. The number of rotatable bonds is 2. The van der Waals surface area contributed by atoms with Crippen LogP contribution in [0.3, 0.4) is 0 Å². The van der Waals surface area contributed by atoms with Crippen molar-refractivity contribution in [2.24, 2.45) is 0 Å². The molecule has 6 heteroatoms. The highest BCUT2D eigenvalue weighted by Crippen LogP contribution is 2.31. The zero-order valence-electron chi connectivity index (χ0n) is 9.30. The van der Waals surface area contributed by atoms with Gasteiger partial charge in [-0.3, -0.25) is 9.48 Å². The molecule has 0 aliphatic carbocycles. The molecule has 1 aliphatic rings. The highest BCUT2D eigenvalue weighted by molar-refractivity contribution is 7.91. The number of hydrogen-bond acceptors (Lipinski definition) is 4. The van der Waals surface area contributed by atoms with Crippen LogP contribution in [0.1, 0.15) is 29.4 Å². The van der Waals surface area contributed by atoms with Crippen molar-refractivity contribution in [3.8, 4) is 0 Å². The van der Waals surface area contributed by atoms with Gasteiger partial charge in [0.2, 0.25) is 0 Å². The summed E-state index contributed by atoms with van der Waals surface area (Å²) in [4.78, 5) is 10.7. The minimum Gasteiger partial charge on any atom is -0.298 e. The van der Waals surface area contributed by atoms with E-state index in [4.69, 9.17) is 0 Å². The van der Waals surface area contributed by atoms with Crippen molar-refractivity contribution in [1.82, 2.24) is 9.78 Å². The van der Waals surface area contributed by atoms with Crippen molar-refractivity contribution < 1.29 is 13.2 Å². The van der Waals surface area contributed by atoms with Gasteiger partial charge in [-0.15, -0.1) is 0 Å². The number of carbonyl (C=O) groups is 1. The van der Waals surface area contributed by atoms with E-state index in [9.17, 15) is 13.2 Å². The molecule has 1 aliphatic heterocycles. The van der Waals surface area contributed by atoms with Gasteiger partial charge < -0.3 is 0 Å². The molecule has 0 spiro atoms. The van der Waals surface area contributed by atoms with Gasteiger partial charge in [0.25, 0.3) is 0 Å². The summed E-state index contributed by atoms with van der Waals surface area (Å²) in [6.45, 7) is 3.65. The van der Waals surface area contributed by atoms with E-state index in [0.29, 0.717) is 12.0 Å². The third-order valence-electron chi connectivity index (χ3n) is 3.17. The molecule has 1 unspecified atom stereocenters. The Balaban J connectivity index is 2.45. The Bertz CT molecular complexity index is 532. The maximum absolute atomic E-state index is 11.5. The molecule has 5 nitrogen and oxygen atoms in total. The van der Waals surface area contributed by atoms with Gasteiger partial charge in [-0.25, -0.2) is 8.42 Å². The van der Waals surface area contributed by atoms with Crippen molar-refractivity contribution in [3.05, 3.63) is 17.5 Å². The average molecular weight is 242 g/mol. The molecule has 2 rings (SSSR count). The van der Waals surface area contributed by atoms with Crippen molar-refractivity contribution >= 4 is 16.1 Å². The van der Waals surface area contributed by atoms with Gasteiger partial charge in [0.1, 0.15) is 0 Å². The van der Waals surface area contributed by atoms with E-state index in [1.54, 1.807) is 11.6 Å². The summed E-state index contributed by atoms with van der Waals surface area (Å²) in [7, 11) is -2.97. The fourth-order valence-corrected chi connectivity index (χ4v) is 4.35. The van der Waals surface area contributed by atoms with Gasteiger partial charge in [0.05, 0.1) is 28.8 Å². The Morgan fingerprint density at radius 3 is 2.69 bits per heavy atom. The van der Waals surface area contributed by atoms with Crippen LogP contribution in [0, 0.1) is 6.92 Å². The van der Waals surface area contributed by atoms with Crippen molar-refractivity contribution in [1.29, 1.82) is 0 Å². The van der Waals surface area contributed by atoms with Crippen LogP contribution >= 0.6 is 0 Å². The topological polar surface area (TPSA) is 69.0 Å². The van der Waals surface area contributed by atoms with E-state index in [1.165, 1.54) is 6.20 Å². The number of aromatic nitrogens is 2. The first-order valence-corrected chi connectivity index (χ1v) is 6.91. The zero-order chi connectivity index (χ0) is 12.0. The second-order valence-corrected chi connectivity index (χ2v) is 6.74. The first kappa shape index (κ1) is 11.3. The molecule has 1 fully saturated rings. The van der Waals surface area contributed by atoms with E-state index >= 15 is 0 Å². The van der Waals surface area contributed by atoms with Gasteiger partial charge in [-0.2, -0.15) is 5.10 Å². The lowest BCUT2D eigenvalue weighted by Crippen LogP contribution is -2.33. The summed E-state index contributed by atoms with van der Waals surface area (Å²) in [6.07, 6.45) is 2.78. The number of carbonyl (C=O) groups excluding carboxylic acids is 1. The predicted octanol–water partition coefficient (Wildman–Crippen LogP) is 0.538. The molecule has 1 atom stereocenters. The minimum absolute atomic E-state index is 0.0980. The van der Waals surface area contributed by atoms with Gasteiger partial charge in [-0.1, -0.05) is 0 Å². The Hall–Kier alpha value is -1.17. The average Bonchev–Trinajstić information content (AvgIpc) is 2.68. The SMILES string of the molecule is Cc1c(C=O)cnn1C1(C)CCS(=O)(=O)C1. The van der Waals surface area contributed by atoms with Crippen molar-refractivity contribution in [2.75, 3.05) is 11.5 Å². The summed E-state index contributed by atoms with van der Waals surface area (Å²) in [6, 6.07) is 0. The molecule has 0 N–H and O–H groups in total. The van der Waals surface area contributed by atoms with Gasteiger partial charge in [0, 0.05) is 5.69 Å². The molecule has 1 saturated heterocycles. The van der Waals surface area contributed by atoms with Crippen LogP contribution in [0.4, 0.5) is 0 Å². The lowest BCUT2D eigenvalue weighted by Gasteiger charge is -2.24. The molecule has 2 heterocycles. The van der Waals surface area contributed by atoms with Crippen LogP contribution in [0.15, 0.2) is 6.20 Å². The fourth-order valence-electron chi connectivity index (χ4n) is 2.24. The molecular formula is C10H14N2O3S. The molecule has 0 radical (unpaired) electrons. The molecule has 88 valence electrons. The number of aldehydes is 1. The molecule has 1 aromatic heterocycles. The van der Waals surface area contributed by atoms with Crippen molar-refractivity contribution in [3.63, 3.8) is 0 Å². The van der Waals surface area contributed by atoms with E-state index in [1.807, 2.05) is 6.92 Å². The molecular weight excluding hydrogens is 228 g/mol. The molecule has 16 heavy (non-hydrogen) atoms. The molecule has 0 bridgehead atoms. The third kappa shape index (κ3) is 1.67. The number of hydrogen-bond donors (Lipinski definition) is 0. The quantitative estimate of drug-likeness (QED) is 0.710. The van der Waals surface area contributed by atoms with Crippen LogP contribution in [0.5, 0.6) is 0 Å². The van der Waals surface area contributed by atoms with Gasteiger partial charge in [0.15, 0.2) is 16.1 Å². The lowest BCUT2D eigenvalue weighted by molar-refractivity contribution is 0.112. The minimum atomic E-state index is -2.97. The largest absolute Gasteiger partial charge is 0.298 e. The maximum atomic E-state index is 11.5. The number of nitrogens with zero attached hydrogens (tertiary/aromatic N) is 2. The second kappa shape index (κ2) is 3.41. The van der Waals surface area contributed by atoms with Gasteiger partial charge in [-0.05, 0) is 20.3 Å². The molecule has 0 aromatic carbocycles. The standard InChI is InChI=1S/C10H14N2O3S/c1-8-9(6-13)5-11-12(8)10(2)3-4-16(14,15)7-10/h5-6H,3-4,7H2,1-2H3. The Morgan fingerprint density at radius 1 is 1.56 bits per heavy atom. The van der Waals surface area contributed by atoms with E-state index in [-0.39, 0.29) is 11.5 Å². The van der Waals surface area contributed by atoms with E-state index in [0.717, 1.165) is 12.0 Å². The Morgan fingerprint density at radius 2 is 2.25 bits per heavy atom. The van der Waals surface area contributed by atoms with E-state index < -0.39 is 15.4 Å². The van der Waals surface area contributed by atoms with Crippen LogP contribution < -0.4 is 0 Å². The summed E-state index contributed by atoms with van der Waals surface area (Å²) in [5, 5.41) is 4.13. The summed E-state index contributed by atoms with van der Waals surface area (Å²) < 4.78 is 24.7. The van der Waals surface area contributed by atoms with Crippen LogP contribution in [-0.4, -0.2) is 36.0 Å². The molecule has 0 amide bonds. The zero-order valence-corrected chi connectivity index (χ0v) is 10.1. The fraction of sp³-hybridized carbons (Fsp3) is 0.600. The Kier molecular flexibility index (Phi) is 2.41. The van der Waals surface area contributed by atoms with Gasteiger partial charge >= 0.3 is 0 Å². The second-order valence-electron chi connectivity index (χ2n) is 4.55. The summed E-state index contributed by atoms with van der Waals surface area (Å²) in [5.74, 6) is 0.292. The first-order valence-electron chi connectivity index (χ1n) is 5.09. The van der Waals surface area contributed by atoms with Crippen LogP contribution in [-0.2, 0) is 15.4 Å². The first-order chi connectivity index (χ1) is 7.38. The highest BCUT2D eigenvalue weighted by Gasteiger charge is 2.41. The monoisotopic (exact) mass is 242 g/mol. The number of sulfone groups is 1. The predicted molar refractivity (Wildman–Crippen MR) is 59.3 cm³/mol. The van der Waals surface area contributed by atoms with Crippen LogP contribution in [0.25, 0.3) is 0 Å².